The number of pyridine rings is 1. The molecule has 2 heterocycles. The molecule has 0 saturated carbocycles. The Kier molecular flexibility index (Phi) is 4.20. The Morgan fingerprint density at radius 1 is 0.957 bits per heavy atom. The van der Waals surface area contributed by atoms with Crippen LogP contribution in [0.15, 0.2) is 48.9 Å². The fraction of sp³-hybridized carbons (Fsp3) is 0. The third kappa shape index (κ3) is 3.46. The summed E-state index contributed by atoms with van der Waals surface area (Å²) in [5, 5.41) is 6.32. The highest BCUT2D eigenvalue weighted by molar-refractivity contribution is 6.32. The summed E-state index contributed by atoms with van der Waals surface area (Å²) in [5.74, 6) is 0.466. The van der Waals surface area contributed by atoms with E-state index in [1.807, 2.05) is 0 Å². The quantitative estimate of drug-likeness (QED) is 0.632. The average Bonchev–Trinajstić information content (AvgIpc) is 2.55. The third-order valence-electron chi connectivity index (χ3n) is 3.00. The lowest BCUT2D eigenvalue weighted by molar-refractivity contribution is 0.628. The molecule has 3 aromatic rings. The Bertz CT molecular complexity index is 824. The highest BCUT2D eigenvalue weighted by Gasteiger charge is 2.10. The SMILES string of the molecule is Nc1c(Nc2ccc(F)cc2)ncnc1Nc1cccnc1Cl. The number of halogens is 2. The zero-order valence-electron chi connectivity index (χ0n) is 11.8. The minimum atomic E-state index is -0.320. The van der Waals surface area contributed by atoms with Gasteiger partial charge in [0.25, 0.3) is 0 Å². The summed E-state index contributed by atoms with van der Waals surface area (Å²) in [6.45, 7) is 0. The summed E-state index contributed by atoms with van der Waals surface area (Å²) in [5.41, 5.74) is 7.60. The molecule has 6 nitrogen and oxygen atoms in total. The van der Waals surface area contributed by atoms with E-state index in [9.17, 15) is 4.39 Å². The maximum atomic E-state index is 12.9. The molecule has 1 aromatic carbocycles. The van der Waals surface area contributed by atoms with Crippen LogP contribution in [0.25, 0.3) is 0 Å². The first kappa shape index (κ1) is 15.0. The normalized spacial score (nSPS) is 10.3. The van der Waals surface area contributed by atoms with E-state index >= 15 is 0 Å². The van der Waals surface area contributed by atoms with Crippen LogP contribution in [0.3, 0.4) is 0 Å². The van der Waals surface area contributed by atoms with Gasteiger partial charge >= 0.3 is 0 Å². The van der Waals surface area contributed by atoms with E-state index in [-0.39, 0.29) is 5.82 Å². The number of hydrogen-bond acceptors (Lipinski definition) is 6. The van der Waals surface area contributed by atoms with Crippen molar-refractivity contribution >= 4 is 40.3 Å². The number of hydrogen-bond donors (Lipinski definition) is 3. The molecule has 0 radical (unpaired) electrons. The van der Waals surface area contributed by atoms with Crippen LogP contribution in [0.1, 0.15) is 0 Å². The van der Waals surface area contributed by atoms with E-state index in [4.69, 9.17) is 17.3 Å². The van der Waals surface area contributed by atoms with Gasteiger partial charge in [0.15, 0.2) is 16.8 Å². The minimum Gasteiger partial charge on any atom is -0.393 e. The van der Waals surface area contributed by atoms with Gasteiger partial charge in [-0.2, -0.15) is 0 Å². The highest BCUT2D eigenvalue weighted by atomic mass is 35.5. The van der Waals surface area contributed by atoms with Crippen LogP contribution in [0.4, 0.5) is 33.1 Å². The summed E-state index contributed by atoms with van der Waals surface area (Å²) in [7, 11) is 0. The molecule has 0 fully saturated rings. The Balaban J connectivity index is 1.86. The number of nitrogens with zero attached hydrogens (tertiary/aromatic N) is 3. The predicted octanol–water partition coefficient (Wildman–Crippen LogP) is 3.73. The van der Waals surface area contributed by atoms with Crippen LogP contribution in [0.2, 0.25) is 5.15 Å². The van der Waals surface area contributed by atoms with Gasteiger partial charge in [0.2, 0.25) is 0 Å². The van der Waals surface area contributed by atoms with E-state index in [0.717, 1.165) is 0 Å². The molecule has 0 atom stereocenters. The van der Waals surface area contributed by atoms with Crippen LogP contribution in [-0.2, 0) is 0 Å². The number of rotatable bonds is 4. The lowest BCUT2D eigenvalue weighted by Gasteiger charge is -2.13. The molecule has 0 aliphatic carbocycles. The van der Waals surface area contributed by atoms with Crippen molar-refractivity contribution in [3.63, 3.8) is 0 Å². The van der Waals surface area contributed by atoms with Crippen LogP contribution < -0.4 is 16.4 Å². The van der Waals surface area contributed by atoms with Crippen molar-refractivity contribution in [2.75, 3.05) is 16.4 Å². The van der Waals surface area contributed by atoms with Gasteiger partial charge in [0.1, 0.15) is 17.8 Å². The number of benzene rings is 1. The van der Waals surface area contributed by atoms with Crippen molar-refractivity contribution in [2.45, 2.75) is 0 Å². The lowest BCUT2D eigenvalue weighted by Crippen LogP contribution is -2.05. The Hall–Kier alpha value is -2.93. The zero-order chi connectivity index (χ0) is 16.2. The van der Waals surface area contributed by atoms with Crippen LogP contribution in [0, 0.1) is 5.82 Å². The number of anilines is 5. The second-order valence-corrected chi connectivity index (χ2v) is 4.94. The van der Waals surface area contributed by atoms with E-state index < -0.39 is 0 Å². The number of nitrogen functional groups attached to an aromatic ring is 1. The van der Waals surface area contributed by atoms with Crippen molar-refractivity contribution in [1.82, 2.24) is 15.0 Å². The fourth-order valence-electron chi connectivity index (χ4n) is 1.87. The minimum absolute atomic E-state index is 0.303. The van der Waals surface area contributed by atoms with Crippen molar-refractivity contribution < 1.29 is 4.39 Å². The van der Waals surface area contributed by atoms with Gasteiger partial charge in [0.05, 0.1) is 5.69 Å². The summed E-state index contributed by atoms with van der Waals surface area (Å²) in [4.78, 5) is 12.2. The number of nitrogens with two attached hydrogens (primary N) is 1. The van der Waals surface area contributed by atoms with Crippen molar-refractivity contribution in [3.8, 4) is 0 Å². The van der Waals surface area contributed by atoms with E-state index in [0.29, 0.717) is 33.9 Å². The molecule has 0 amide bonds. The molecule has 0 bridgehead atoms. The Morgan fingerprint density at radius 2 is 1.65 bits per heavy atom. The molecule has 0 aliphatic heterocycles. The van der Waals surface area contributed by atoms with Crippen molar-refractivity contribution in [1.29, 1.82) is 0 Å². The summed E-state index contributed by atoms with van der Waals surface area (Å²) >= 11 is 6.00. The van der Waals surface area contributed by atoms with Gasteiger partial charge < -0.3 is 16.4 Å². The van der Waals surface area contributed by atoms with Crippen LogP contribution in [-0.4, -0.2) is 15.0 Å². The van der Waals surface area contributed by atoms with Gasteiger partial charge in [-0.1, -0.05) is 11.6 Å². The first-order valence-electron chi connectivity index (χ1n) is 6.64. The van der Waals surface area contributed by atoms with Gasteiger partial charge in [-0.25, -0.2) is 19.3 Å². The largest absolute Gasteiger partial charge is 0.393 e. The average molecular weight is 331 g/mol. The molecule has 3 rings (SSSR count). The van der Waals surface area contributed by atoms with Gasteiger partial charge in [0, 0.05) is 11.9 Å². The number of nitrogens with one attached hydrogen (secondary N) is 2. The van der Waals surface area contributed by atoms with Gasteiger partial charge in [-0.15, -0.1) is 0 Å². The molecule has 0 saturated heterocycles. The molecule has 2 aromatic heterocycles. The highest BCUT2D eigenvalue weighted by Crippen LogP contribution is 2.29. The maximum absolute atomic E-state index is 12.9. The molecule has 8 heteroatoms. The summed E-state index contributed by atoms with van der Waals surface area (Å²) in [6.07, 6.45) is 2.94. The van der Waals surface area contributed by atoms with E-state index in [2.05, 4.69) is 25.6 Å². The molecule has 116 valence electrons. The summed E-state index contributed by atoms with van der Waals surface area (Å²) < 4.78 is 12.9. The maximum Gasteiger partial charge on any atom is 0.159 e. The van der Waals surface area contributed by atoms with E-state index in [1.165, 1.54) is 18.5 Å². The Morgan fingerprint density at radius 3 is 2.35 bits per heavy atom. The first-order valence-corrected chi connectivity index (χ1v) is 7.02. The standard InChI is InChI=1S/C15H12ClFN6/c16-13-11(2-1-7-19-13)23-15-12(18)14(20-8-21-15)22-10-5-3-9(17)4-6-10/h1-8H,18H2,(H2,20,21,22,23). The third-order valence-corrected chi connectivity index (χ3v) is 3.30. The van der Waals surface area contributed by atoms with Crippen molar-refractivity contribution in [2.24, 2.45) is 0 Å². The van der Waals surface area contributed by atoms with Crippen molar-refractivity contribution in [3.05, 3.63) is 59.9 Å². The van der Waals surface area contributed by atoms with Gasteiger partial charge in [-0.05, 0) is 36.4 Å². The monoisotopic (exact) mass is 330 g/mol. The molecule has 0 unspecified atom stereocenters. The molecule has 23 heavy (non-hydrogen) atoms. The zero-order valence-corrected chi connectivity index (χ0v) is 12.5. The molecular formula is C15H12ClFN6. The topological polar surface area (TPSA) is 88.8 Å². The second kappa shape index (κ2) is 6.45. The summed E-state index contributed by atoms with van der Waals surface area (Å²) in [6, 6.07) is 9.35. The van der Waals surface area contributed by atoms with Crippen LogP contribution in [0.5, 0.6) is 0 Å². The van der Waals surface area contributed by atoms with E-state index in [1.54, 1.807) is 30.5 Å². The second-order valence-electron chi connectivity index (χ2n) is 4.58. The fourth-order valence-corrected chi connectivity index (χ4v) is 2.04. The first-order chi connectivity index (χ1) is 11.1. The lowest BCUT2D eigenvalue weighted by atomic mass is 10.3. The number of aromatic nitrogens is 3. The molecule has 0 spiro atoms. The van der Waals surface area contributed by atoms with Crippen LogP contribution >= 0.6 is 11.6 Å². The molecular weight excluding hydrogens is 319 g/mol. The Labute approximate surface area is 136 Å². The predicted molar refractivity (Wildman–Crippen MR) is 88.7 cm³/mol. The smallest absolute Gasteiger partial charge is 0.159 e. The molecule has 0 aliphatic rings. The molecule has 4 N–H and O–H groups in total. The van der Waals surface area contributed by atoms with Gasteiger partial charge in [-0.3, -0.25) is 0 Å².